The Morgan fingerprint density at radius 3 is 1.61 bits per heavy atom. The first-order valence-corrected chi connectivity index (χ1v) is 8.32. The topological polar surface area (TPSA) is 12.0 Å². The molecule has 2 rings (SSSR count). The van der Waals surface area contributed by atoms with E-state index in [-0.39, 0.29) is 23.7 Å². The van der Waals surface area contributed by atoms with Gasteiger partial charge in [0, 0.05) is 17.6 Å². The average molecular weight is 480 g/mol. The van der Waals surface area contributed by atoms with Crippen LogP contribution in [0.5, 0.6) is 0 Å². The van der Waals surface area contributed by atoms with Crippen LogP contribution in [0.2, 0.25) is 0 Å². The zero-order valence-electron chi connectivity index (χ0n) is 13.7. The third-order valence-electron chi connectivity index (χ3n) is 3.67. The number of hydrogen-bond acceptors (Lipinski definition) is 1. The first kappa shape index (κ1) is 22.5. The van der Waals surface area contributed by atoms with Crippen LogP contribution in [0, 0.1) is 0 Å². The van der Waals surface area contributed by atoms with Gasteiger partial charge in [0.2, 0.25) is 0 Å². The summed E-state index contributed by atoms with van der Waals surface area (Å²) in [7, 11) is 0. The predicted octanol–water partition coefficient (Wildman–Crippen LogP) is 6.80. The van der Waals surface area contributed by atoms with Crippen LogP contribution in [-0.4, -0.2) is 0 Å². The minimum absolute atomic E-state index is 0.00684. The van der Waals surface area contributed by atoms with E-state index in [1.54, 1.807) is 0 Å². The minimum Gasteiger partial charge on any atom is -0.309 e. The number of halogens is 10. The maximum absolute atomic E-state index is 12.8. The molecule has 0 unspecified atom stereocenters. The van der Waals surface area contributed by atoms with E-state index in [2.05, 4.69) is 21.2 Å². The second-order valence-electron chi connectivity index (χ2n) is 5.82. The number of hydrogen-bond donors (Lipinski definition) is 1. The molecule has 1 nitrogen and oxygen atoms in total. The highest BCUT2D eigenvalue weighted by Gasteiger charge is 2.36. The van der Waals surface area contributed by atoms with E-state index in [1.807, 2.05) is 0 Å². The van der Waals surface area contributed by atoms with Gasteiger partial charge < -0.3 is 5.32 Å². The SMILES string of the molecule is FC(F)(F)c1cc(CNCc2cc(C(F)(F)F)ccc2Br)cc(C(F)(F)F)c1. The Bertz CT molecular complexity index is 806. The van der Waals surface area contributed by atoms with Crippen molar-refractivity contribution < 1.29 is 39.5 Å². The van der Waals surface area contributed by atoms with Crippen LogP contribution in [0.15, 0.2) is 40.9 Å². The first-order valence-electron chi connectivity index (χ1n) is 7.52. The summed E-state index contributed by atoms with van der Waals surface area (Å²) in [6, 6.07) is 3.96. The van der Waals surface area contributed by atoms with Gasteiger partial charge in [-0.1, -0.05) is 15.9 Å². The molecule has 2 aromatic rings. The number of rotatable bonds is 4. The van der Waals surface area contributed by atoms with E-state index in [4.69, 9.17) is 0 Å². The van der Waals surface area contributed by atoms with Crippen LogP contribution in [0.4, 0.5) is 39.5 Å². The molecule has 0 radical (unpaired) electrons. The van der Waals surface area contributed by atoms with Crippen molar-refractivity contribution in [1.82, 2.24) is 5.32 Å². The van der Waals surface area contributed by atoms with Gasteiger partial charge >= 0.3 is 18.5 Å². The van der Waals surface area contributed by atoms with E-state index in [9.17, 15) is 39.5 Å². The Kier molecular flexibility index (Phi) is 6.39. The molecule has 0 aliphatic carbocycles. The fraction of sp³-hybridized carbons (Fsp3) is 0.294. The molecule has 0 saturated carbocycles. The summed E-state index contributed by atoms with van der Waals surface area (Å²) in [5.74, 6) is 0. The molecule has 0 fully saturated rings. The number of nitrogens with one attached hydrogen (secondary N) is 1. The molecule has 0 saturated heterocycles. The summed E-state index contributed by atoms with van der Waals surface area (Å²) in [6.07, 6.45) is -14.5. The maximum Gasteiger partial charge on any atom is 0.416 e. The Labute approximate surface area is 161 Å². The van der Waals surface area contributed by atoms with Gasteiger partial charge in [-0.15, -0.1) is 0 Å². The smallest absolute Gasteiger partial charge is 0.309 e. The molecule has 154 valence electrons. The van der Waals surface area contributed by atoms with E-state index < -0.39 is 41.8 Å². The lowest BCUT2D eigenvalue weighted by molar-refractivity contribution is -0.143. The highest BCUT2D eigenvalue weighted by Crippen LogP contribution is 2.36. The standard InChI is InChI=1S/C17H11BrF9N/c18-14-2-1-11(15(19,20)21)5-10(14)8-28-7-9-3-12(16(22,23)24)6-13(4-9)17(25,26)27/h1-6,28H,7-8H2. The zero-order chi connectivity index (χ0) is 21.3. The quantitative estimate of drug-likeness (QED) is 0.475. The van der Waals surface area contributed by atoms with Crippen molar-refractivity contribution in [3.05, 3.63) is 68.7 Å². The lowest BCUT2D eigenvalue weighted by Gasteiger charge is -2.15. The predicted molar refractivity (Wildman–Crippen MR) is 86.1 cm³/mol. The van der Waals surface area contributed by atoms with Crippen molar-refractivity contribution in [3.63, 3.8) is 0 Å². The monoisotopic (exact) mass is 479 g/mol. The highest BCUT2D eigenvalue weighted by atomic mass is 79.9. The average Bonchev–Trinajstić information content (AvgIpc) is 2.53. The molecule has 0 bridgehead atoms. The molecular weight excluding hydrogens is 469 g/mol. The van der Waals surface area contributed by atoms with Crippen molar-refractivity contribution in [2.45, 2.75) is 31.6 Å². The Morgan fingerprint density at radius 1 is 0.643 bits per heavy atom. The molecule has 0 heterocycles. The van der Waals surface area contributed by atoms with Gasteiger partial charge in [-0.3, -0.25) is 0 Å². The van der Waals surface area contributed by atoms with Crippen molar-refractivity contribution in [2.24, 2.45) is 0 Å². The molecule has 0 aromatic heterocycles. The largest absolute Gasteiger partial charge is 0.416 e. The van der Waals surface area contributed by atoms with Crippen LogP contribution < -0.4 is 5.32 Å². The lowest BCUT2D eigenvalue weighted by Crippen LogP contribution is -2.17. The second kappa shape index (κ2) is 7.94. The number of alkyl halides is 9. The van der Waals surface area contributed by atoms with E-state index in [0.29, 0.717) is 16.6 Å². The summed E-state index contributed by atoms with van der Waals surface area (Å²) >= 11 is 3.05. The maximum atomic E-state index is 12.8. The van der Waals surface area contributed by atoms with Gasteiger partial charge in [0.25, 0.3) is 0 Å². The van der Waals surface area contributed by atoms with Gasteiger partial charge in [-0.2, -0.15) is 39.5 Å². The summed E-state index contributed by atoms with van der Waals surface area (Å²) in [5.41, 5.74) is -3.99. The highest BCUT2D eigenvalue weighted by molar-refractivity contribution is 9.10. The summed E-state index contributed by atoms with van der Waals surface area (Å²) in [5, 5.41) is 2.56. The molecule has 0 aliphatic heterocycles. The van der Waals surface area contributed by atoms with E-state index in [1.165, 1.54) is 0 Å². The fourth-order valence-corrected chi connectivity index (χ4v) is 2.74. The van der Waals surface area contributed by atoms with Gasteiger partial charge in [0.15, 0.2) is 0 Å². The van der Waals surface area contributed by atoms with Gasteiger partial charge in [-0.25, -0.2) is 0 Å². The molecule has 0 amide bonds. The molecule has 1 N–H and O–H groups in total. The van der Waals surface area contributed by atoms with Crippen molar-refractivity contribution in [3.8, 4) is 0 Å². The summed E-state index contributed by atoms with van der Waals surface area (Å²) in [6.45, 7) is -0.613. The van der Waals surface area contributed by atoms with Gasteiger partial charge in [0.05, 0.1) is 16.7 Å². The Hall–Kier alpha value is -1.75. The van der Waals surface area contributed by atoms with Crippen molar-refractivity contribution in [1.29, 1.82) is 0 Å². The van der Waals surface area contributed by atoms with Gasteiger partial charge in [0.1, 0.15) is 0 Å². The first-order chi connectivity index (χ1) is 12.7. The van der Waals surface area contributed by atoms with Crippen LogP contribution in [-0.2, 0) is 31.6 Å². The summed E-state index contributed by atoms with van der Waals surface area (Å²) in [4.78, 5) is 0. The van der Waals surface area contributed by atoms with Crippen LogP contribution in [0.25, 0.3) is 0 Å². The molecule has 28 heavy (non-hydrogen) atoms. The van der Waals surface area contributed by atoms with E-state index >= 15 is 0 Å². The van der Waals surface area contributed by atoms with Crippen LogP contribution >= 0.6 is 15.9 Å². The lowest BCUT2D eigenvalue weighted by atomic mass is 10.0. The normalized spacial score (nSPS) is 13.1. The Morgan fingerprint density at radius 2 is 1.14 bits per heavy atom. The Balaban J connectivity index is 2.21. The third-order valence-corrected chi connectivity index (χ3v) is 4.44. The van der Waals surface area contributed by atoms with Gasteiger partial charge in [-0.05, 0) is 47.5 Å². The number of benzene rings is 2. The molecule has 0 atom stereocenters. The molecule has 0 spiro atoms. The van der Waals surface area contributed by atoms with Crippen LogP contribution in [0.3, 0.4) is 0 Å². The van der Waals surface area contributed by atoms with Crippen LogP contribution in [0.1, 0.15) is 27.8 Å². The second-order valence-corrected chi connectivity index (χ2v) is 6.68. The van der Waals surface area contributed by atoms with Crippen molar-refractivity contribution >= 4 is 15.9 Å². The summed E-state index contributed by atoms with van der Waals surface area (Å²) < 4.78 is 116. The van der Waals surface area contributed by atoms with E-state index in [0.717, 1.165) is 18.2 Å². The molecule has 2 aromatic carbocycles. The van der Waals surface area contributed by atoms with Crippen molar-refractivity contribution in [2.75, 3.05) is 0 Å². The molecule has 0 aliphatic rings. The molecular formula is C17H11BrF9N. The zero-order valence-corrected chi connectivity index (χ0v) is 15.2. The molecule has 11 heteroatoms. The fourth-order valence-electron chi connectivity index (χ4n) is 2.35. The minimum atomic E-state index is -4.97. The third kappa shape index (κ3) is 5.87.